The van der Waals surface area contributed by atoms with Crippen molar-refractivity contribution in [3.8, 4) is 11.4 Å². The number of nitrogens with zero attached hydrogens (tertiary/aromatic N) is 3. The van der Waals surface area contributed by atoms with Crippen LogP contribution in [0.25, 0.3) is 22.4 Å². The van der Waals surface area contributed by atoms with Gasteiger partial charge in [-0.2, -0.15) is 4.98 Å². The van der Waals surface area contributed by atoms with Crippen LogP contribution in [0.4, 0.5) is 0 Å². The first-order valence-electron chi connectivity index (χ1n) is 7.64. The Morgan fingerprint density at radius 3 is 3.09 bits per heavy atom. The monoisotopic (exact) mass is 314 g/mol. The smallest absolute Gasteiger partial charge is 0.229 e. The lowest BCUT2D eigenvalue weighted by atomic mass is 9.97. The van der Waals surface area contributed by atoms with Gasteiger partial charge in [0.25, 0.3) is 0 Å². The minimum atomic E-state index is -0.364. The minimum Gasteiger partial charge on any atom is -0.372 e. The number of nitrogens with one attached hydrogen (secondary N) is 1. The molecule has 1 N–H and O–H groups in total. The summed E-state index contributed by atoms with van der Waals surface area (Å²) in [6.07, 6.45) is 4.00. The lowest BCUT2D eigenvalue weighted by Crippen LogP contribution is -2.47. The van der Waals surface area contributed by atoms with Crippen LogP contribution >= 0.6 is 0 Å². The molecule has 0 spiro atoms. The number of rotatable bonds is 3. The fourth-order valence-corrected chi connectivity index (χ4v) is 2.86. The van der Waals surface area contributed by atoms with Crippen LogP contribution in [0.15, 0.2) is 29.0 Å². The second kappa shape index (κ2) is 5.43. The molecule has 1 aliphatic rings. The molecule has 1 atom stereocenters. The molecule has 3 aromatic rings. The average Bonchev–Trinajstić information content (AvgIpc) is 3.18. The van der Waals surface area contributed by atoms with E-state index >= 15 is 0 Å². The Morgan fingerprint density at radius 1 is 1.30 bits per heavy atom. The highest BCUT2D eigenvalue weighted by atomic mass is 16.6. The van der Waals surface area contributed by atoms with Crippen LogP contribution in [0.3, 0.4) is 0 Å². The summed E-state index contributed by atoms with van der Waals surface area (Å²) in [6.45, 7) is 5.23. The molecule has 7 nitrogen and oxygen atoms in total. The van der Waals surface area contributed by atoms with Crippen LogP contribution in [0, 0.1) is 0 Å². The molecule has 0 saturated carbocycles. The molecule has 0 amide bonds. The zero-order valence-electron chi connectivity index (χ0n) is 13.1. The normalized spacial score (nSPS) is 20.9. The molecule has 1 saturated heterocycles. The van der Waals surface area contributed by atoms with Crippen LogP contribution in [0.5, 0.6) is 0 Å². The Hall–Kier alpha value is -2.25. The van der Waals surface area contributed by atoms with Crippen molar-refractivity contribution in [2.75, 3.05) is 13.2 Å². The molecule has 7 heteroatoms. The van der Waals surface area contributed by atoms with Crippen LogP contribution in [0.1, 0.15) is 19.7 Å². The van der Waals surface area contributed by atoms with Crippen molar-refractivity contribution < 1.29 is 14.0 Å². The molecule has 0 aliphatic carbocycles. The summed E-state index contributed by atoms with van der Waals surface area (Å²) < 4.78 is 17.0. The zero-order valence-corrected chi connectivity index (χ0v) is 13.1. The van der Waals surface area contributed by atoms with E-state index in [0.717, 1.165) is 16.6 Å². The van der Waals surface area contributed by atoms with Gasteiger partial charge in [-0.25, -0.2) is 4.98 Å². The maximum absolute atomic E-state index is 5.80. The van der Waals surface area contributed by atoms with Crippen molar-refractivity contribution in [1.82, 2.24) is 20.1 Å². The van der Waals surface area contributed by atoms with Crippen molar-refractivity contribution in [1.29, 1.82) is 0 Å². The number of hydrogen-bond acceptors (Lipinski definition) is 6. The first kappa shape index (κ1) is 14.3. The van der Waals surface area contributed by atoms with Gasteiger partial charge in [0.1, 0.15) is 5.65 Å². The predicted octanol–water partition coefficient (Wildman–Crippen LogP) is 2.35. The summed E-state index contributed by atoms with van der Waals surface area (Å²) in [5.41, 5.74) is 1.34. The highest BCUT2D eigenvalue weighted by Gasteiger charge is 2.36. The summed E-state index contributed by atoms with van der Waals surface area (Å²) in [7, 11) is 0. The molecule has 23 heavy (non-hydrogen) atoms. The number of H-pyrrole nitrogens is 1. The minimum absolute atomic E-state index is 0.103. The molecule has 1 fully saturated rings. The van der Waals surface area contributed by atoms with E-state index in [2.05, 4.69) is 20.1 Å². The summed E-state index contributed by atoms with van der Waals surface area (Å²) >= 11 is 0. The van der Waals surface area contributed by atoms with Gasteiger partial charge in [0.05, 0.1) is 31.3 Å². The van der Waals surface area contributed by atoms with Crippen LogP contribution in [0.2, 0.25) is 0 Å². The molecule has 4 rings (SSSR count). The SMILES string of the molecule is CC1(C)OCCOC1Cc1nc(-c2ccnc3[nH]ccc23)no1. The number of aromatic amines is 1. The number of pyridine rings is 1. The zero-order chi connectivity index (χ0) is 15.9. The fourth-order valence-electron chi connectivity index (χ4n) is 2.86. The van der Waals surface area contributed by atoms with E-state index in [4.69, 9.17) is 14.0 Å². The number of ether oxygens (including phenoxy) is 2. The van der Waals surface area contributed by atoms with Gasteiger partial charge in [-0.1, -0.05) is 5.16 Å². The van der Waals surface area contributed by atoms with Gasteiger partial charge >= 0.3 is 0 Å². The van der Waals surface area contributed by atoms with E-state index in [1.54, 1.807) is 6.20 Å². The van der Waals surface area contributed by atoms with Crippen molar-refractivity contribution in [2.45, 2.75) is 32.0 Å². The highest BCUT2D eigenvalue weighted by molar-refractivity contribution is 5.90. The topological polar surface area (TPSA) is 86.1 Å². The third kappa shape index (κ3) is 2.62. The van der Waals surface area contributed by atoms with Crippen molar-refractivity contribution >= 4 is 11.0 Å². The van der Waals surface area contributed by atoms with Gasteiger partial charge in [-0.3, -0.25) is 0 Å². The Bertz CT molecular complexity index is 823. The summed E-state index contributed by atoms with van der Waals surface area (Å²) in [5.74, 6) is 1.10. The largest absolute Gasteiger partial charge is 0.372 e. The summed E-state index contributed by atoms with van der Waals surface area (Å²) in [5, 5.41) is 5.08. The standard InChI is InChI=1S/C16H18N4O3/c1-16(2)12(21-7-8-22-16)9-13-19-15(20-23-13)11-4-6-18-14-10(11)3-5-17-14/h3-6,12H,7-9H2,1-2H3,(H,17,18). The molecule has 120 valence electrons. The molecule has 3 aromatic heterocycles. The Labute approximate surface area is 133 Å². The van der Waals surface area contributed by atoms with Gasteiger partial charge in [-0.15, -0.1) is 0 Å². The third-order valence-electron chi connectivity index (χ3n) is 4.18. The Morgan fingerprint density at radius 2 is 2.22 bits per heavy atom. The number of aromatic nitrogens is 4. The third-order valence-corrected chi connectivity index (χ3v) is 4.18. The highest BCUT2D eigenvalue weighted by Crippen LogP contribution is 2.27. The molecule has 0 radical (unpaired) electrons. The van der Waals surface area contributed by atoms with E-state index in [9.17, 15) is 0 Å². The average molecular weight is 314 g/mol. The summed E-state index contributed by atoms with van der Waals surface area (Å²) in [6, 6.07) is 3.84. The van der Waals surface area contributed by atoms with Gasteiger partial charge in [0, 0.05) is 23.3 Å². The van der Waals surface area contributed by atoms with Crippen molar-refractivity contribution in [3.63, 3.8) is 0 Å². The number of fused-ring (bicyclic) bond motifs is 1. The van der Waals surface area contributed by atoms with E-state index in [1.165, 1.54) is 0 Å². The van der Waals surface area contributed by atoms with Crippen LogP contribution < -0.4 is 0 Å². The van der Waals surface area contributed by atoms with Gasteiger partial charge < -0.3 is 19.0 Å². The predicted molar refractivity (Wildman–Crippen MR) is 82.9 cm³/mol. The molecule has 0 aromatic carbocycles. The maximum atomic E-state index is 5.80. The van der Waals surface area contributed by atoms with Crippen molar-refractivity contribution in [3.05, 3.63) is 30.4 Å². The van der Waals surface area contributed by atoms with Crippen LogP contribution in [-0.4, -0.2) is 45.0 Å². The first-order chi connectivity index (χ1) is 11.1. The van der Waals surface area contributed by atoms with Gasteiger partial charge in [0.15, 0.2) is 0 Å². The second-order valence-electron chi connectivity index (χ2n) is 6.13. The first-order valence-corrected chi connectivity index (χ1v) is 7.64. The van der Waals surface area contributed by atoms with Gasteiger partial charge in [0.2, 0.25) is 11.7 Å². The van der Waals surface area contributed by atoms with Crippen LogP contribution in [-0.2, 0) is 15.9 Å². The van der Waals surface area contributed by atoms with E-state index in [0.29, 0.717) is 31.3 Å². The molecule has 0 bridgehead atoms. The Balaban J connectivity index is 1.61. The summed E-state index contributed by atoms with van der Waals surface area (Å²) in [4.78, 5) is 11.9. The van der Waals surface area contributed by atoms with E-state index in [1.807, 2.05) is 32.2 Å². The van der Waals surface area contributed by atoms with Gasteiger partial charge in [-0.05, 0) is 26.0 Å². The molecular weight excluding hydrogens is 296 g/mol. The van der Waals surface area contributed by atoms with E-state index < -0.39 is 0 Å². The maximum Gasteiger partial charge on any atom is 0.229 e. The molecule has 1 unspecified atom stereocenters. The number of hydrogen-bond donors (Lipinski definition) is 1. The fraction of sp³-hybridized carbons (Fsp3) is 0.438. The molecule has 1 aliphatic heterocycles. The quantitative estimate of drug-likeness (QED) is 0.798. The molecular formula is C16H18N4O3. The van der Waals surface area contributed by atoms with Crippen molar-refractivity contribution in [2.24, 2.45) is 0 Å². The van der Waals surface area contributed by atoms with E-state index in [-0.39, 0.29) is 11.7 Å². The lowest BCUT2D eigenvalue weighted by Gasteiger charge is -2.37. The Kier molecular flexibility index (Phi) is 3.39. The second-order valence-corrected chi connectivity index (χ2v) is 6.13. The molecule has 4 heterocycles. The lowest BCUT2D eigenvalue weighted by molar-refractivity contribution is -0.187.